The Kier molecular flexibility index (Phi) is 5.27. The van der Waals surface area contributed by atoms with Gasteiger partial charge in [-0.05, 0) is 42.6 Å². The van der Waals surface area contributed by atoms with Crippen LogP contribution >= 0.6 is 11.6 Å². The lowest BCUT2D eigenvalue weighted by atomic mass is 10.1. The number of carbonyl (C=O) groups is 1. The Morgan fingerprint density at radius 1 is 1.46 bits per heavy atom. The molecule has 1 atom stereocenters. The van der Waals surface area contributed by atoms with Crippen LogP contribution < -0.4 is 10.9 Å². The molecule has 0 spiro atoms. The zero-order valence-corrected chi connectivity index (χ0v) is 13.9. The van der Waals surface area contributed by atoms with Gasteiger partial charge in [0.05, 0.1) is 5.02 Å². The number of hydrogen-bond donors (Lipinski definition) is 2. The quantitative estimate of drug-likeness (QED) is 0.863. The second-order valence-corrected chi connectivity index (χ2v) is 6.39. The summed E-state index contributed by atoms with van der Waals surface area (Å²) in [5, 5.41) is 3.53. The number of hydrogen-bond acceptors (Lipinski definition) is 4. The van der Waals surface area contributed by atoms with Gasteiger partial charge in [0.2, 0.25) is 0 Å². The number of H-pyrrole nitrogens is 1. The molecule has 6 nitrogen and oxygen atoms in total. The van der Waals surface area contributed by atoms with E-state index in [-0.39, 0.29) is 17.0 Å². The van der Waals surface area contributed by atoms with E-state index in [0.29, 0.717) is 17.5 Å². The fourth-order valence-electron chi connectivity index (χ4n) is 2.93. The van der Waals surface area contributed by atoms with Crippen molar-refractivity contribution < 1.29 is 4.79 Å². The summed E-state index contributed by atoms with van der Waals surface area (Å²) in [5.74, 6) is 0.0461. The first kappa shape index (κ1) is 16.7. The predicted octanol–water partition coefficient (Wildman–Crippen LogP) is 1.68. The largest absolute Gasteiger partial charge is 0.352 e. The maximum absolute atomic E-state index is 12.1. The summed E-state index contributed by atoms with van der Waals surface area (Å²) < 4.78 is 0. The number of amides is 1. The average Bonchev–Trinajstić information content (AvgIpc) is 3.03. The van der Waals surface area contributed by atoms with Crippen LogP contribution in [0.1, 0.15) is 22.3 Å². The third-order valence-corrected chi connectivity index (χ3v) is 4.57. The number of aromatic amines is 1. The summed E-state index contributed by atoms with van der Waals surface area (Å²) >= 11 is 6.15. The van der Waals surface area contributed by atoms with E-state index in [4.69, 9.17) is 11.6 Å². The fourth-order valence-corrected chi connectivity index (χ4v) is 3.11. The zero-order chi connectivity index (χ0) is 16.9. The molecule has 0 aliphatic carbocycles. The van der Waals surface area contributed by atoms with Crippen LogP contribution in [-0.2, 0) is 6.54 Å². The normalized spacial score (nSPS) is 17.8. The number of pyridine rings is 2. The summed E-state index contributed by atoms with van der Waals surface area (Å²) in [4.78, 5) is 32.5. The van der Waals surface area contributed by atoms with Crippen molar-refractivity contribution in [2.75, 3.05) is 19.6 Å². The predicted molar refractivity (Wildman–Crippen MR) is 92.0 cm³/mol. The van der Waals surface area contributed by atoms with E-state index in [0.717, 1.165) is 31.6 Å². The lowest BCUT2D eigenvalue weighted by Gasteiger charge is -2.17. The molecule has 1 amide bonds. The van der Waals surface area contributed by atoms with Crippen molar-refractivity contribution in [1.82, 2.24) is 20.2 Å². The van der Waals surface area contributed by atoms with Crippen LogP contribution in [0, 0.1) is 5.92 Å². The minimum absolute atomic E-state index is 0.149. The molecule has 7 heteroatoms. The highest BCUT2D eigenvalue weighted by Crippen LogP contribution is 2.21. The highest BCUT2D eigenvalue weighted by molar-refractivity contribution is 6.31. The Labute approximate surface area is 144 Å². The fraction of sp³-hybridized carbons (Fsp3) is 0.353. The lowest BCUT2D eigenvalue weighted by Crippen LogP contribution is -2.34. The van der Waals surface area contributed by atoms with E-state index in [2.05, 4.69) is 20.2 Å². The van der Waals surface area contributed by atoms with E-state index in [1.165, 1.54) is 12.3 Å². The Hall–Kier alpha value is -2.18. The summed E-state index contributed by atoms with van der Waals surface area (Å²) in [7, 11) is 0. The molecule has 1 saturated heterocycles. The van der Waals surface area contributed by atoms with Crippen LogP contribution in [0.2, 0.25) is 5.02 Å². The van der Waals surface area contributed by atoms with Crippen molar-refractivity contribution in [3.05, 3.63) is 63.3 Å². The van der Waals surface area contributed by atoms with Gasteiger partial charge in [0.25, 0.3) is 11.5 Å². The van der Waals surface area contributed by atoms with Gasteiger partial charge in [-0.1, -0.05) is 11.6 Å². The molecule has 2 aromatic heterocycles. The Morgan fingerprint density at radius 3 is 3.12 bits per heavy atom. The van der Waals surface area contributed by atoms with E-state index < -0.39 is 0 Å². The molecule has 3 rings (SSSR count). The molecule has 2 N–H and O–H groups in total. The van der Waals surface area contributed by atoms with Gasteiger partial charge in [0, 0.05) is 38.2 Å². The van der Waals surface area contributed by atoms with Crippen LogP contribution in [0.5, 0.6) is 0 Å². The van der Waals surface area contributed by atoms with Crippen molar-refractivity contribution in [3.63, 3.8) is 0 Å². The summed E-state index contributed by atoms with van der Waals surface area (Å²) in [6.45, 7) is 3.20. The SMILES string of the molecule is O=C(NCC1CCN(Cc2ccncc2Cl)C1)c1ccc[nH]c1=O. The van der Waals surface area contributed by atoms with Crippen molar-refractivity contribution in [3.8, 4) is 0 Å². The van der Waals surface area contributed by atoms with E-state index >= 15 is 0 Å². The van der Waals surface area contributed by atoms with Crippen molar-refractivity contribution in [1.29, 1.82) is 0 Å². The highest BCUT2D eigenvalue weighted by atomic mass is 35.5. The molecular formula is C17H19ClN4O2. The third kappa shape index (κ3) is 4.01. The van der Waals surface area contributed by atoms with Gasteiger partial charge in [0.1, 0.15) is 5.56 Å². The van der Waals surface area contributed by atoms with Gasteiger partial charge in [-0.15, -0.1) is 0 Å². The summed E-state index contributed by atoms with van der Waals surface area (Å²) in [5.41, 5.74) is 0.846. The average molecular weight is 347 g/mol. The monoisotopic (exact) mass is 346 g/mol. The standard InChI is InChI=1S/C17H19ClN4O2/c18-15-9-19-6-3-13(15)11-22-7-4-12(10-22)8-21-17(24)14-2-1-5-20-16(14)23/h1-3,5-6,9,12H,4,7-8,10-11H2,(H,20,23)(H,21,24). The smallest absolute Gasteiger partial charge is 0.260 e. The highest BCUT2D eigenvalue weighted by Gasteiger charge is 2.23. The maximum atomic E-state index is 12.1. The molecule has 1 aliphatic heterocycles. The van der Waals surface area contributed by atoms with Gasteiger partial charge >= 0.3 is 0 Å². The van der Waals surface area contributed by atoms with Crippen molar-refractivity contribution in [2.24, 2.45) is 5.92 Å². The third-order valence-electron chi connectivity index (χ3n) is 4.23. The zero-order valence-electron chi connectivity index (χ0n) is 13.2. The van der Waals surface area contributed by atoms with Gasteiger partial charge in [-0.25, -0.2) is 0 Å². The second-order valence-electron chi connectivity index (χ2n) is 5.98. The molecule has 24 heavy (non-hydrogen) atoms. The number of halogens is 1. The Balaban J connectivity index is 1.50. The summed E-state index contributed by atoms with van der Waals surface area (Å²) in [6.07, 6.45) is 5.92. The van der Waals surface area contributed by atoms with Crippen LogP contribution in [0.15, 0.2) is 41.6 Å². The lowest BCUT2D eigenvalue weighted by molar-refractivity contribution is 0.0945. The molecule has 2 aromatic rings. The summed E-state index contributed by atoms with van der Waals surface area (Å²) in [6, 6.07) is 5.10. The molecular weight excluding hydrogens is 328 g/mol. The van der Waals surface area contributed by atoms with Crippen LogP contribution in [0.4, 0.5) is 0 Å². The van der Waals surface area contributed by atoms with E-state index in [1.54, 1.807) is 18.5 Å². The Bertz CT molecular complexity index is 777. The molecule has 0 aromatic carbocycles. The molecule has 1 fully saturated rings. The minimum Gasteiger partial charge on any atom is -0.352 e. The first-order chi connectivity index (χ1) is 11.6. The first-order valence-electron chi connectivity index (χ1n) is 7.90. The minimum atomic E-state index is -0.365. The molecule has 1 aliphatic rings. The number of rotatable bonds is 5. The molecule has 0 radical (unpaired) electrons. The topological polar surface area (TPSA) is 78.1 Å². The molecule has 126 valence electrons. The molecule has 1 unspecified atom stereocenters. The van der Waals surface area contributed by atoms with Crippen molar-refractivity contribution in [2.45, 2.75) is 13.0 Å². The van der Waals surface area contributed by atoms with Gasteiger partial charge < -0.3 is 10.3 Å². The number of aromatic nitrogens is 2. The van der Waals surface area contributed by atoms with Crippen LogP contribution in [0.25, 0.3) is 0 Å². The molecule has 0 saturated carbocycles. The van der Waals surface area contributed by atoms with Crippen LogP contribution in [-0.4, -0.2) is 40.4 Å². The number of likely N-dealkylation sites (tertiary alicyclic amines) is 1. The maximum Gasteiger partial charge on any atom is 0.260 e. The Morgan fingerprint density at radius 2 is 2.33 bits per heavy atom. The van der Waals surface area contributed by atoms with Gasteiger partial charge in [-0.2, -0.15) is 0 Å². The second kappa shape index (κ2) is 7.59. The van der Waals surface area contributed by atoms with Gasteiger partial charge in [0.15, 0.2) is 0 Å². The molecule has 0 bridgehead atoms. The number of carbonyl (C=O) groups excluding carboxylic acids is 1. The van der Waals surface area contributed by atoms with E-state index in [9.17, 15) is 9.59 Å². The van der Waals surface area contributed by atoms with Crippen molar-refractivity contribution >= 4 is 17.5 Å². The first-order valence-corrected chi connectivity index (χ1v) is 8.28. The number of nitrogens with one attached hydrogen (secondary N) is 2. The van der Waals surface area contributed by atoms with Gasteiger partial charge in [-0.3, -0.25) is 19.5 Å². The van der Waals surface area contributed by atoms with E-state index in [1.807, 2.05) is 6.07 Å². The molecule has 3 heterocycles. The number of nitrogens with zero attached hydrogens (tertiary/aromatic N) is 2. The van der Waals surface area contributed by atoms with Crippen LogP contribution in [0.3, 0.4) is 0 Å².